The van der Waals surface area contributed by atoms with Crippen LogP contribution in [0.5, 0.6) is 5.75 Å². The lowest BCUT2D eigenvalue weighted by Crippen LogP contribution is -2.29. The highest BCUT2D eigenvalue weighted by Crippen LogP contribution is 2.27. The Morgan fingerprint density at radius 1 is 1.36 bits per heavy atom. The van der Waals surface area contributed by atoms with Crippen LogP contribution in [0.15, 0.2) is 51.8 Å². The van der Waals surface area contributed by atoms with Crippen LogP contribution in [0.1, 0.15) is 22.4 Å². The van der Waals surface area contributed by atoms with Crippen molar-refractivity contribution in [2.24, 2.45) is 4.99 Å². The highest BCUT2D eigenvalue weighted by Gasteiger charge is 2.21. The van der Waals surface area contributed by atoms with Gasteiger partial charge in [-0.25, -0.2) is 0 Å². The summed E-state index contributed by atoms with van der Waals surface area (Å²) in [4.78, 5) is 8.54. The van der Waals surface area contributed by atoms with E-state index in [9.17, 15) is 0 Å². The number of amidine groups is 1. The number of ether oxygens (including phenoxy) is 1. The summed E-state index contributed by atoms with van der Waals surface area (Å²) in [5, 5.41) is 2.18. The van der Waals surface area contributed by atoms with Gasteiger partial charge in [0.1, 0.15) is 11.6 Å². The van der Waals surface area contributed by atoms with E-state index in [0.717, 1.165) is 55.0 Å². The van der Waals surface area contributed by atoms with Gasteiger partial charge in [0.15, 0.2) is 0 Å². The molecule has 0 saturated heterocycles. The molecule has 0 amide bonds. The summed E-state index contributed by atoms with van der Waals surface area (Å²) >= 11 is 5.38. The summed E-state index contributed by atoms with van der Waals surface area (Å²) in [5.41, 5.74) is 2.52. The third kappa shape index (κ3) is 4.33. The molecule has 0 bridgehead atoms. The van der Waals surface area contributed by atoms with E-state index in [4.69, 9.17) is 9.73 Å². The number of methoxy groups -OCH3 is 1. The number of thiophene rings is 1. The smallest absolute Gasteiger partial charge is 0.132 e. The average molecular weight is 419 g/mol. The molecule has 0 N–H and O–H groups in total. The molecule has 1 aliphatic rings. The average Bonchev–Trinajstić information content (AvgIpc) is 3.26. The molecule has 1 aromatic carbocycles. The first-order valence-electron chi connectivity index (χ1n) is 8.52. The van der Waals surface area contributed by atoms with E-state index < -0.39 is 0 Å². The zero-order valence-corrected chi connectivity index (χ0v) is 16.9. The fraction of sp³-hybridized carbons (Fsp3) is 0.350. The van der Waals surface area contributed by atoms with Crippen molar-refractivity contribution in [2.45, 2.75) is 19.3 Å². The molecule has 0 saturated carbocycles. The van der Waals surface area contributed by atoms with Crippen molar-refractivity contribution in [1.82, 2.24) is 4.90 Å². The summed E-state index contributed by atoms with van der Waals surface area (Å²) < 4.78 is 6.59. The van der Waals surface area contributed by atoms with Gasteiger partial charge in [-0.3, -0.25) is 4.99 Å². The largest absolute Gasteiger partial charge is 0.496 e. The van der Waals surface area contributed by atoms with Crippen molar-refractivity contribution in [2.75, 3.05) is 26.7 Å². The predicted octanol–water partition coefficient (Wildman–Crippen LogP) is 4.94. The molecule has 25 heavy (non-hydrogen) atoms. The van der Waals surface area contributed by atoms with Crippen molar-refractivity contribution in [1.29, 1.82) is 0 Å². The Morgan fingerprint density at radius 3 is 3.04 bits per heavy atom. The van der Waals surface area contributed by atoms with Crippen LogP contribution in [0.25, 0.3) is 0 Å². The molecule has 0 radical (unpaired) electrons. The molecule has 2 heterocycles. The lowest BCUT2D eigenvalue weighted by Gasteiger charge is -2.20. The molecule has 3 nitrogen and oxygen atoms in total. The van der Waals surface area contributed by atoms with E-state index in [1.165, 1.54) is 16.0 Å². The number of aryl methyl sites for hydroxylation is 2. The maximum atomic E-state index is 5.50. The first kappa shape index (κ1) is 18.2. The van der Waals surface area contributed by atoms with Gasteiger partial charge >= 0.3 is 0 Å². The Bertz CT molecular complexity index is 769. The van der Waals surface area contributed by atoms with Gasteiger partial charge in [-0.1, -0.05) is 22.0 Å². The van der Waals surface area contributed by atoms with Crippen LogP contribution in [0.3, 0.4) is 0 Å². The van der Waals surface area contributed by atoms with Crippen LogP contribution in [0.2, 0.25) is 0 Å². The van der Waals surface area contributed by atoms with Gasteiger partial charge in [-0.05, 0) is 54.5 Å². The zero-order valence-electron chi connectivity index (χ0n) is 14.5. The van der Waals surface area contributed by atoms with Crippen molar-refractivity contribution in [3.8, 4) is 5.75 Å². The fourth-order valence-corrected chi connectivity index (χ4v) is 4.41. The van der Waals surface area contributed by atoms with Gasteiger partial charge < -0.3 is 9.64 Å². The number of aliphatic imine (C=N–C) groups is 1. The van der Waals surface area contributed by atoms with Gasteiger partial charge in [0.25, 0.3) is 0 Å². The van der Waals surface area contributed by atoms with Crippen molar-refractivity contribution < 1.29 is 4.74 Å². The molecule has 1 aliphatic heterocycles. The lowest BCUT2D eigenvalue weighted by atomic mass is 10.1. The number of benzene rings is 1. The third-order valence-electron chi connectivity index (χ3n) is 4.38. The molecule has 0 fully saturated rings. The maximum absolute atomic E-state index is 5.50. The Balaban J connectivity index is 1.74. The molecule has 3 rings (SSSR count). The normalized spacial score (nSPS) is 13.8. The van der Waals surface area contributed by atoms with Gasteiger partial charge in [0.05, 0.1) is 13.7 Å². The third-order valence-corrected chi connectivity index (χ3v) is 5.86. The summed E-state index contributed by atoms with van der Waals surface area (Å²) in [5.74, 6) is 2.10. The summed E-state index contributed by atoms with van der Waals surface area (Å²) in [6.45, 7) is 6.73. The first-order chi connectivity index (χ1) is 12.2. The second-order valence-corrected chi connectivity index (χ2v) is 7.90. The minimum Gasteiger partial charge on any atom is -0.496 e. The summed E-state index contributed by atoms with van der Waals surface area (Å²) in [7, 11) is 1.73. The predicted molar refractivity (Wildman–Crippen MR) is 110 cm³/mol. The lowest BCUT2D eigenvalue weighted by molar-refractivity contribution is 0.409. The number of halogens is 1. The van der Waals surface area contributed by atoms with Crippen LogP contribution in [-0.4, -0.2) is 37.5 Å². The molecular weight excluding hydrogens is 396 g/mol. The topological polar surface area (TPSA) is 24.8 Å². The van der Waals surface area contributed by atoms with Crippen molar-refractivity contribution in [3.63, 3.8) is 0 Å². The van der Waals surface area contributed by atoms with Crippen LogP contribution in [-0.2, 0) is 12.8 Å². The highest BCUT2D eigenvalue weighted by molar-refractivity contribution is 9.10. The summed E-state index contributed by atoms with van der Waals surface area (Å²) in [6, 6.07) is 8.40. The standard InChI is InChI=1S/C20H23BrN2OS/c1-3-4-11-23-12-10-22-20(23)17-9-13-25-19(17)8-5-15-14-16(21)6-7-18(15)24-2/h3,6-7,9,13-14H,1,4-5,8,10-12H2,2H3. The number of hydrogen-bond acceptors (Lipinski definition) is 4. The SMILES string of the molecule is C=CCCN1CCN=C1c1ccsc1CCc1cc(Br)ccc1OC. The second-order valence-electron chi connectivity index (χ2n) is 5.98. The quantitative estimate of drug-likeness (QED) is 0.566. The van der Waals surface area contributed by atoms with Gasteiger partial charge in [-0.2, -0.15) is 0 Å². The number of nitrogens with zero attached hydrogens (tertiary/aromatic N) is 2. The van der Waals surface area contributed by atoms with Gasteiger partial charge in [0, 0.05) is 28.0 Å². The Hall–Kier alpha value is -1.59. The number of hydrogen-bond donors (Lipinski definition) is 0. The van der Waals surface area contributed by atoms with Crippen LogP contribution in [0.4, 0.5) is 0 Å². The maximum Gasteiger partial charge on any atom is 0.132 e. The fourth-order valence-electron chi connectivity index (χ4n) is 3.13. The van der Waals surface area contributed by atoms with Gasteiger partial charge in [0.2, 0.25) is 0 Å². The molecular formula is C20H23BrN2OS. The van der Waals surface area contributed by atoms with E-state index in [-0.39, 0.29) is 0 Å². The van der Waals surface area contributed by atoms with Crippen molar-refractivity contribution >= 4 is 33.1 Å². The van der Waals surface area contributed by atoms with Gasteiger partial charge in [-0.15, -0.1) is 17.9 Å². The molecule has 1 aromatic heterocycles. The minimum absolute atomic E-state index is 0.890. The van der Waals surface area contributed by atoms with Crippen LogP contribution >= 0.6 is 27.3 Å². The molecule has 5 heteroatoms. The van der Waals surface area contributed by atoms with E-state index in [2.05, 4.69) is 44.9 Å². The number of rotatable bonds is 8. The Morgan fingerprint density at radius 2 is 2.24 bits per heavy atom. The van der Waals surface area contributed by atoms with E-state index in [1.807, 2.05) is 29.5 Å². The second kappa shape index (κ2) is 8.68. The molecule has 0 aliphatic carbocycles. The van der Waals surface area contributed by atoms with Crippen LogP contribution < -0.4 is 4.74 Å². The molecule has 132 valence electrons. The zero-order chi connectivity index (χ0) is 17.6. The Labute approximate surface area is 162 Å². The van der Waals surface area contributed by atoms with Crippen LogP contribution in [0, 0.1) is 0 Å². The molecule has 2 aromatic rings. The Kier molecular flexibility index (Phi) is 6.32. The summed E-state index contributed by atoms with van der Waals surface area (Å²) in [6.07, 6.45) is 4.92. The first-order valence-corrected chi connectivity index (χ1v) is 10.2. The van der Waals surface area contributed by atoms with Crippen molar-refractivity contribution in [3.05, 3.63) is 62.8 Å². The monoisotopic (exact) mass is 418 g/mol. The highest BCUT2D eigenvalue weighted by atomic mass is 79.9. The van der Waals surface area contributed by atoms with E-state index >= 15 is 0 Å². The van der Waals surface area contributed by atoms with E-state index in [0.29, 0.717) is 0 Å². The van der Waals surface area contributed by atoms with E-state index in [1.54, 1.807) is 7.11 Å². The minimum atomic E-state index is 0.890. The molecule has 0 spiro atoms. The molecule has 0 atom stereocenters. The molecule has 0 unspecified atom stereocenters.